The van der Waals surface area contributed by atoms with Crippen LogP contribution in [0.25, 0.3) is 22.8 Å². The van der Waals surface area contributed by atoms with Gasteiger partial charge in [0.05, 0.1) is 17.8 Å². The van der Waals surface area contributed by atoms with E-state index in [1.54, 1.807) is 36.8 Å². The van der Waals surface area contributed by atoms with Crippen LogP contribution < -0.4 is 18.1 Å². The number of rotatable bonds is 10. The minimum atomic E-state index is -0.257. The van der Waals surface area contributed by atoms with Crippen LogP contribution in [0.15, 0.2) is 73.3 Å². The second-order valence-electron chi connectivity index (χ2n) is 8.90. The fourth-order valence-electron chi connectivity index (χ4n) is 3.53. The molecule has 2 unspecified atom stereocenters. The molecular weight excluding hydrogens is 565 g/mol. The zero-order valence-electron chi connectivity index (χ0n) is 25.9. The van der Waals surface area contributed by atoms with Gasteiger partial charge < -0.3 is 44.0 Å². The Morgan fingerprint density at radius 2 is 1.31 bits per heavy atom. The van der Waals surface area contributed by atoms with Crippen molar-refractivity contribution in [2.45, 2.75) is 66.6 Å². The molecule has 0 aliphatic carbocycles. The van der Waals surface area contributed by atoms with Crippen LogP contribution in [-0.2, 0) is 15.9 Å². The van der Waals surface area contributed by atoms with E-state index in [2.05, 4.69) is 45.1 Å². The number of imidazole rings is 2. The van der Waals surface area contributed by atoms with Gasteiger partial charge in [-0.15, -0.1) is 0 Å². The molecule has 7 nitrogen and oxygen atoms in total. The van der Waals surface area contributed by atoms with Crippen molar-refractivity contribution in [3.05, 3.63) is 91.1 Å². The third kappa shape index (κ3) is 17.0. The second-order valence-corrected chi connectivity index (χ2v) is 8.90. The monoisotopic (exact) mass is 611 g/mol. The topological polar surface area (TPSA) is 102 Å². The Morgan fingerprint density at radius 1 is 0.833 bits per heavy atom. The minimum Gasteiger partial charge on any atom is -1.00 e. The Morgan fingerprint density at radius 3 is 1.76 bits per heavy atom. The summed E-state index contributed by atoms with van der Waals surface area (Å²) in [5.41, 5.74) is 8.24. The molecule has 42 heavy (non-hydrogen) atoms. The molecule has 0 saturated carbocycles. The fraction of sp³-hybridized carbons (Fsp3) is 0.406. The van der Waals surface area contributed by atoms with Gasteiger partial charge in [-0.1, -0.05) is 36.4 Å². The second kappa shape index (κ2) is 26.4. The zero-order chi connectivity index (χ0) is 29.6. The molecule has 0 bridgehead atoms. The van der Waals surface area contributed by atoms with Gasteiger partial charge in [0.25, 0.3) is 0 Å². The van der Waals surface area contributed by atoms with Crippen molar-refractivity contribution < 1.29 is 26.3 Å². The van der Waals surface area contributed by atoms with E-state index in [9.17, 15) is 4.39 Å². The van der Waals surface area contributed by atoms with Gasteiger partial charge >= 0.3 is 23.1 Å². The van der Waals surface area contributed by atoms with Gasteiger partial charge in [-0.25, -0.2) is 14.4 Å². The van der Waals surface area contributed by atoms with Crippen molar-refractivity contribution in [1.82, 2.24) is 19.9 Å². The molecule has 0 amide bonds. The van der Waals surface area contributed by atoms with E-state index < -0.39 is 0 Å². The Labute approximate surface area is 274 Å². The van der Waals surface area contributed by atoms with Crippen LogP contribution in [0.4, 0.5) is 4.39 Å². The summed E-state index contributed by atoms with van der Waals surface area (Å²) in [5.74, 6) is 1.25. The summed E-state index contributed by atoms with van der Waals surface area (Å²) < 4.78 is 23.7. The third-order valence-electron chi connectivity index (χ3n) is 5.45. The number of H-pyrrole nitrogens is 2. The van der Waals surface area contributed by atoms with Gasteiger partial charge in [0.15, 0.2) is 0 Å². The van der Waals surface area contributed by atoms with Crippen LogP contribution in [0.2, 0.25) is 0 Å². The quantitative estimate of drug-likeness (QED) is 0.187. The maximum atomic E-state index is 13.1. The molecule has 2 heterocycles. The first-order valence-corrected chi connectivity index (χ1v) is 13.9. The van der Waals surface area contributed by atoms with Crippen LogP contribution >= 0.6 is 0 Å². The summed E-state index contributed by atoms with van der Waals surface area (Å²) in [5, 5.41) is 0. The first-order chi connectivity index (χ1) is 19.4. The summed E-state index contributed by atoms with van der Waals surface area (Å²) >= 11 is 0. The van der Waals surface area contributed by atoms with Gasteiger partial charge in [0.1, 0.15) is 17.5 Å². The number of benzene rings is 2. The molecule has 4 N–H and O–H groups in total. The van der Waals surface area contributed by atoms with E-state index in [1.807, 2.05) is 53.3 Å². The molecule has 4 aromatic rings. The minimum absolute atomic E-state index is 0. The normalized spacial score (nSPS) is 11.0. The Hall–Kier alpha value is -2.27. The number of aryl methyl sites for hydroxylation is 1. The standard InChI is InChI=1S/C15H20N2O.C9H7FN2.C5H13NO.C3H7.ClH.Mg/c1-3-18-12(2)8-9-13-6-4-5-7-14(13)15-16-10-11-17-15;10-8-4-2-1-3-7(8)9-11-5-6-12-9;1-3-7-5(2)4-6;1-3-2;;/h4-7,10-12H,3,8-9H2,1-2H3,(H,16,17);1-6H,(H,11,12);5H,3-4,6H2,1-2H3;3H,1-2H3;1H;/q;;;-1;;+2/p-1. The predicted octanol–water partition coefficient (Wildman–Crippen LogP) is 3.87. The smallest absolute Gasteiger partial charge is 1.00 e. The van der Waals surface area contributed by atoms with Crippen molar-refractivity contribution in [3.63, 3.8) is 0 Å². The number of aromatic amines is 2. The van der Waals surface area contributed by atoms with Crippen LogP contribution in [-0.4, -0.2) is 75.0 Å². The summed E-state index contributed by atoms with van der Waals surface area (Å²) in [6.07, 6.45) is 11.5. The Balaban J connectivity index is 0. The van der Waals surface area contributed by atoms with Crippen molar-refractivity contribution >= 4 is 23.1 Å². The van der Waals surface area contributed by atoms with E-state index in [0.717, 1.165) is 31.9 Å². The van der Waals surface area contributed by atoms with Crippen LogP contribution in [0.5, 0.6) is 0 Å². The van der Waals surface area contributed by atoms with E-state index >= 15 is 0 Å². The number of aromatic nitrogens is 4. The van der Waals surface area contributed by atoms with E-state index in [-0.39, 0.29) is 47.4 Å². The molecule has 0 spiro atoms. The summed E-state index contributed by atoms with van der Waals surface area (Å²) in [6, 6.07) is 14.9. The van der Waals surface area contributed by atoms with Crippen molar-refractivity contribution in [2.75, 3.05) is 19.8 Å². The fourth-order valence-corrected chi connectivity index (χ4v) is 3.53. The summed E-state index contributed by atoms with van der Waals surface area (Å²) in [7, 11) is 0. The van der Waals surface area contributed by atoms with Crippen molar-refractivity contribution in [3.8, 4) is 22.8 Å². The molecule has 0 aliphatic rings. The molecular formula is C32H47ClFMgN5O2. The van der Waals surface area contributed by atoms with Gasteiger partial charge in [-0.2, -0.15) is 13.8 Å². The number of nitrogens with zero attached hydrogens (tertiary/aromatic N) is 2. The number of nitrogens with two attached hydrogens (primary N) is 1. The van der Waals surface area contributed by atoms with E-state index in [0.29, 0.717) is 24.0 Å². The molecule has 228 valence electrons. The number of nitrogens with one attached hydrogen (secondary N) is 2. The van der Waals surface area contributed by atoms with Crippen LogP contribution in [0.1, 0.15) is 53.5 Å². The number of halogens is 2. The van der Waals surface area contributed by atoms with E-state index in [4.69, 9.17) is 15.2 Å². The van der Waals surface area contributed by atoms with Gasteiger partial charge in [0, 0.05) is 50.1 Å². The first kappa shape index (κ1) is 41.9. The average molecular weight is 613 g/mol. The Bertz CT molecular complexity index is 1130. The van der Waals surface area contributed by atoms with Crippen LogP contribution in [0.3, 0.4) is 0 Å². The molecule has 10 heteroatoms. The van der Waals surface area contributed by atoms with Gasteiger partial charge in [0.2, 0.25) is 0 Å². The number of hydrogen-bond donors (Lipinski definition) is 3. The summed E-state index contributed by atoms with van der Waals surface area (Å²) in [4.78, 5) is 14.3. The molecule has 0 fully saturated rings. The molecule has 2 atom stereocenters. The van der Waals surface area contributed by atoms with Gasteiger partial charge in [-0.3, -0.25) is 0 Å². The first-order valence-electron chi connectivity index (χ1n) is 13.9. The van der Waals surface area contributed by atoms with Crippen molar-refractivity contribution in [1.29, 1.82) is 0 Å². The molecule has 0 radical (unpaired) electrons. The maximum absolute atomic E-state index is 13.1. The SMILES string of the molecule is CCOC(C)CCc1ccccc1-c1ncc[nH]1.CCOC(C)CN.C[CH-]C.Fc1ccccc1-c1ncc[nH]1.[Cl-].[Mg+2]. The largest absolute Gasteiger partial charge is 2.00 e. The molecule has 2 aromatic carbocycles. The predicted molar refractivity (Wildman–Crippen MR) is 169 cm³/mol. The zero-order valence-corrected chi connectivity index (χ0v) is 28.1. The summed E-state index contributed by atoms with van der Waals surface area (Å²) in [6.45, 7) is 14.2. The van der Waals surface area contributed by atoms with Gasteiger partial charge in [-0.05, 0) is 58.2 Å². The number of hydrogen-bond acceptors (Lipinski definition) is 5. The third-order valence-corrected chi connectivity index (χ3v) is 5.45. The molecule has 0 saturated heterocycles. The van der Waals surface area contributed by atoms with Crippen LogP contribution in [0, 0.1) is 12.2 Å². The number of ether oxygens (including phenoxy) is 2. The van der Waals surface area contributed by atoms with E-state index in [1.165, 1.54) is 17.2 Å². The molecule has 2 aromatic heterocycles. The van der Waals surface area contributed by atoms with Crippen molar-refractivity contribution in [2.24, 2.45) is 5.73 Å². The molecule has 0 aliphatic heterocycles. The average Bonchev–Trinajstić information content (AvgIpc) is 3.69. The Kier molecular flexibility index (Phi) is 26.3. The molecule has 4 rings (SSSR count). The maximum Gasteiger partial charge on any atom is 2.00 e.